The van der Waals surface area contributed by atoms with Gasteiger partial charge in [0.05, 0.1) is 0 Å². The van der Waals surface area contributed by atoms with E-state index in [1.165, 1.54) is 0 Å². The molecule has 18 heavy (non-hydrogen) atoms. The predicted molar refractivity (Wildman–Crippen MR) is 64.6 cm³/mol. The second kappa shape index (κ2) is 5.31. The highest BCUT2D eigenvalue weighted by Gasteiger charge is 2.32. The summed E-state index contributed by atoms with van der Waals surface area (Å²) in [4.78, 5) is 0. The molecule has 100 valence electrons. The summed E-state index contributed by atoms with van der Waals surface area (Å²) in [5, 5.41) is 3.05. The molecule has 1 aliphatic carbocycles. The number of rotatable bonds is 3. The van der Waals surface area contributed by atoms with Crippen molar-refractivity contribution in [2.75, 3.05) is 7.05 Å². The van der Waals surface area contributed by atoms with E-state index in [9.17, 15) is 13.2 Å². The van der Waals surface area contributed by atoms with Gasteiger partial charge in [-0.25, -0.2) is 13.2 Å². The number of benzene rings is 1. The largest absolute Gasteiger partial charge is 0.313 e. The normalized spacial score (nSPS) is 25.4. The van der Waals surface area contributed by atoms with E-state index in [2.05, 4.69) is 12.2 Å². The van der Waals surface area contributed by atoms with Gasteiger partial charge in [-0.1, -0.05) is 19.8 Å². The molecule has 1 aromatic carbocycles. The van der Waals surface area contributed by atoms with Crippen LogP contribution in [0.2, 0.25) is 0 Å². The Morgan fingerprint density at radius 3 is 2.33 bits per heavy atom. The minimum atomic E-state index is -1.13. The van der Waals surface area contributed by atoms with Crippen molar-refractivity contribution in [2.45, 2.75) is 32.2 Å². The van der Waals surface area contributed by atoms with Crippen LogP contribution in [0.5, 0.6) is 0 Å². The molecule has 0 amide bonds. The molecule has 1 saturated carbocycles. The van der Waals surface area contributed by atoms with Crippen LogP contribution >= 0.6 is 0 Å². The average molecular weight is 257 g/mol. The molecule has 1 aromatic rings. The SMILES string of the molecule is CNC(c1cc(F)c(F)cc1F)C1CCCC1C. The van der Waals surface area contributed by atoms with Gasteiger partial charge in [0.2, 0.25) is 0 Å². The van der Waals surface area contributed by atoms with E-state index in [-0.39, 0.29) is 17.5 Å². The van der Waals surface area contributed by atoms with E-state index in [4.69, 9.17) is 0 Å². The van der Waals surface area contributed by atoms with Gasteiger partial charge in [-0.15, -0.1) is 0 Å². The molecule has 1 nitrogen and oxygen atoms in total. The first-order valence-corrected chi connectivity index (χ1v) is 6.36. The zero-order chi connectivity index (χ0) is 13.3. The van der Waals surface area contributed by atoms with Crippen LogP contribution in [0.15, 0.2) is 12.1 Å². The first-order chi connectivity index (χ1) is 8.54. The highest BCUT2D eigenvalue weighted by atomic mass is 19.2. The molecule has 0 bridgehead atoms. The zero-order valence-electron chi connectivity index (χ0n) is 10.6. The van der Waals surface area contributed by atoms with E-state index in [0.717, 1.165) is 25.3 Å². The van der Waals surface area contributed by atoms with Crippen LogP contribution < -0.4 is 5.32 Å². The Bertz CT molecular complexity index is 433. The monoisotopic (exact) mass is 257 g/mol. The van der Waals surface area contributed by atoms with Crippen molar-refractivity contribution in [1.82, 2.24) is 5.32 Å². The summed E-state index contributed by atoms with van der Waals surface area (Å²) < 4.78 is 40.0. The second-order valence-electron chi connectivity index (χ2n) is 5.13. The number of halogens is 3. The maximum absolute atomic E-state index is 13.8. The average Bonchev–Trinajstić information content (AvgIpc) is 2.73. The third-order valence-corrected chi connectivity index (χ3v) is 4.04. The quantitative estimate of drug-likeness (QED) is 0.812. The van der Waals surface area contributed by atoms with Crippen molar-refractivity contribution in [3.63, 3.8) is 0 Å². The Balaban J connectivity index is 2.35. The Morgan fingerprint density at radius 2 is 1.78 bits per heavy atom. The minimum Gasteiger partial charge on any atom is -0.313 e. The molecule has 0 heterocycles. The van der Waals surface area contributed by atoms with Crippen molar-refractivity contribution in [3.8, 4) is 0 Å². The van der Waals surface area contributed by atoms with Gasteiger partial charge in [-0.05, 0) is 31.4 Å². The van der Waals surface area contributed by atoms with Gasteiger partial charge in [0.25, 0.3) is 0 Å². The van der Waals surface area contributed by atoms with Crippen molar-refractivity contribution in [2.24, 2.45) is 11.8 Å². The van der Waals surface area contributed by atoms with E-state index < -0.39 is 17.5 Å². The number of hydrogen-bond donors (Lipinski definition) is 1. The lowest BCUT2D eigenvalue weighted by Gasteiger charge is -2.27. The van der Waals surface area contributed by atoms with Gasteiger partial charge >= 0.3 is 0 Å². The van der Waals surface area contributed by atoms with E-state index in [0.29, 0.717) is 12.0 Å². The molecule has 1 aliphatic rings. The highest BCUT2D eigenvalue weighted by molar-refractivity contribution is 5.24. The predicted octanol–water partition coefficient (Wildman–Crippen LogP) is 3.80. The fraction of sp³-hybridized carbons (Fsp3) is 0.571. The third-order valence-electron chi connectivity index (χ3n) is 4.04. The van der Waals surface area contributed by atoms with E-state index in [1.807, 2.05) is 0 Å². The molecule has 0 aromatic heterocycles. The van der Waals surface area contributed by atoms with Crippen molar-refractivity contribution < 1.29 is 13.2 Å². The summed E-state index contributed by atoms with van der Waals surface area (Å²) in [6.07, 6.45) is 3.20. The van der Waals surface area contributed by atoms with Gasteiger partial charge < -0.3 is 5.32 Å². The zero-order valence-corrected chi connectivity index (χ0v) is 10.6. The maximum Gasteiger partial charge on any atom is 0.161 e. The maximum atomic E-state index is 13.8. The first-order valence-electron chi connectivity index (χ1n) is 6.36. The molecule has 3 unspecified atom stereocenters. The molecule has 0 spiro atoms. The molecule has 1 N–H and O–H groups in total. The number of nitrogens with one attached hydrogen (secondary N) is 1. The Morgan fingerprint density at radius 1 is 1.11 bits per heavy atom. The molecule has 2 rings (SSSR count). The van der Waals surface area contributed by atoms with Crippen molar-refractivity contribution >= 4 is 0 Å². The fourth-order valence-corrected chi connectivity index (χ4v) is 3.05. The lowest BCUT2D eigenvalue weighted by atomic mass is 9.85. The Labute approximate surface area is 105 Å². The van der Waals surface area contributed by atoms with E-state index in [1.54, 1.807) is 7.05 Å². The Hall–Kier alpha value is -1.03. The topological polar surface area (TPSA) is 12.0 Å². The lowest BCUT2D eigenvalue weighted by molar-refractivity contribution is 0.307. The van der Waals surface area contributed by atoms with Crippen LogP contribution in [0, 0.1) is 29.3 Å². The summed E-state index contributed by atoms with van der Waals surface area (Å²) in [6.45, 7) is 2.12. The van der Waals surface area contributed by atoms with E-state index >= 15 is 0 Å². The van der Waals surface area contributed by atoms with Gasteiger partial charge in [0, 0.05) is 17.7 Å². The summed E-state index contributed by atoms with van der Waals surface area (Å²) in [6, 6.07) is 1.36. The number of hydrogen-bond acceptors (Lipinski definition) is 1. The van der Waals surface area contributed by atoms with Gasteiger partial charge in [0.15, 0.2) is 11.6 Å². The summed E-state index contributed by atoms with van der Waals surface area (Å²) in [5.74, 6) is -2.06. The van der Waals surface area contributed by atoms with Gasteiger partial charge in [-0.3, -0.25) is 0 Å². The molecular formula is C14H18F3N. The highest BCUT2D eigenvalue weighted by Crippen LogP contribution is 2.40. The summed E-state index contributed by atoms with van der Waals surface area (Å²) in [5.41, 5.74) is 0.232. The van der Waals surface area contributed by atoms with Crippen LogP contribution in [-0.2, 0) is 0 Å². The first kappa shape index (κ1) is 13.4. The van der Waals surface area contributed by atoms with Crippen LogP contribution in [0.4, 0.5) is 13.2 Å². The van der Waals surface area contributed by atoms with Gasteiger partial charge in [-0.2, -0.15) is 0 Å². The third kappa shape index (κ3) is 2.39. The minimum absolute atomic E-state index is 0.232. The van der Waals surface area contributed by atoms with Crippen molar-refractivity contribution in [3.05, 3.63) is 35.1 Å². The van der Waals surface area contributed by atoms with Gasteiger partial charge in [0.1, 0.15) is 5.82 Å². The van der Waals surface area contributed by atoms with Crippen molar-refractivity contribution in [1.29, 1.82) is 0 Å². The standard InChI is InChI=1S/C14H18F3N/c1-8-4-3-5-9(8)14(18-2)10-6-12(16)13(17)7-11(10)15/h6-9,14,18H,3-5H2,1-2H3. The molecular weight excluding hydrogens is 239 g/mol. The summed E-state index contributed by atoms with van der Waals surface area (Å²) >= 11 is 0. The molecule has 0 radical (unpaired) electrons. The van der Waals surface area contributed by atoms with Crippen LogP contribution in [0.25, 0.3) is 0 Å². The lowest BCUT2D eigenvalue weighted by Crippen LogP contribution is -2.28. The molecule has 3 atom stereocenters. The van der Waals surface area contributed by atoms with Crippen LogP contribution in [-0.4, -0.2) is 7.05 Å². The second-order valence-corrected chi connectivity index (χ2v) is 5.13. The van der Waals surface area contributed by atoms with Crippen LogP contribution in [0.1, 0.15) is 37.8 Å². The fourth-order valence-electron chi connectivity index (χ4n) is 3.05. The smallest absolute Gasteiger partial charge is 0.161 e. The molecule has 0 saturated heterocycles. The Kier molecular flexibility index (Phi) is 3.95. The summed E-state index contributed by atoms with van der Waals surface area (Å²) in [7, 11) is 1.73. The van der Waals surface area contributed by atoms with Crippen LogP contribution in [0.3, 0.4) is 0 Å². The molecule has 1 fully saturated rings. The molecule has 4 heteroatoms. The molecule has 0 aliphatic heterocycles.